The van der Waals surface area contributed by atoms with Crippen LogP contribution in [0.3, 0.4) is 0 Å². The quantitative estimate of drug-likeness (QED) is 0.471. The highest BCUT2D eigenvalue weighted by molar-refractivity contribution is 7.99. The highest BCUT2D eigenvalue weighted by Crippen LogP contribution is 2.41. The number of nitrogens with one attached hydrogen (secondary N) is 1. The second-order valence-electron chi connectivity index (χ2n) is 7.01. The number of methoxy groups -OCH3 is 1. The Morgan fingerprint density at radius 1 is 1.13 bits per heavy atom. The lowest BCUT2D eigenvalue weighted by molar-refractivity contribution is -0.138. The molecule has 0 saturated carbocycles. The second-order valence-corrected chi connectivity index (χ2v) is 8.56. The van der Waals surface area contributed by atoms with E-state index in [9.17, 15) is 9.90 Å². The van der Waals surface area contributed by atoms with E-state index in [4.69, 9.17) is 25.8 Å². The van der Waals surface area contributed by atoms with Gasteiger partial charge in [-0.15, -0.1) is 11.8 Å². The first-order valence-electron chi connectivity index (χ1n) is 9.77. The zero-order valence-corrected chi connectivity index (χ0v) is 18.4. The molecule has 6 nitrogen and oxygen atoms in total. The molecule has 0 aliphatic carbocycles. The third-order valence-corrected chi connectivity index (χ3v) is 6.50. The van der Waals surface area contributed by atoms with E-state index in [0.717, 1.165) is 22.1 Å². The number of thioether (sulfide) groups is 1. The summed E-state index contributed by atoms with van der Waals surface area (Å²) in [5.41, 5.74) is 0.843. The molecule has 0 amide bonds. The highest BCUT2D eigenvalue weighted by atomic mass is 35.5. The van der Waals surface area contributed by atoms with E-state index < -0.39 is 12.0 Å². The van der Waals surface area contributed by atoms with Gasteiger partial charge < -0.3 is 19.3 Å². The van der Waals surface area contributed by atoms with Gasteiger partial charge >= 0.3 is 5.97 Å². The summed E-state index contributed by atoms with van der Waals surface area (Å²) in [5, 5.41) is 14.8. The Bertz CT molecular complexity index is 1090. The smallest absolute Gasteiger partial charge is 0.321 e. The molecule has 3 aromatic rings. The monoisotopic (exact) mass is 459 g/mol. The molecule has 162 valence electrons. The number of aliphatic carboxylic acids is 1. The highest BCUT2D eigenvalue weighted by Gasteiger charge is 2.31. The van der Waals surface area contributed by atoms with Crippen LogP contribution in [0.2, 0.25) is 5.02 Å². The van der Waals surface area contributed by atoms with Crippen molar-refractivity contribution in [3.05, 3.63) is 65.2 Å². The molecule has 3 aromatic carbocycles. The van der Waals surface area contributed by atoms with Crippen LogP contribution in [0.5, 0.6) is 17.2 Å². The van der Waals surface area contributed by atoms with Gasteiger partial charge in [0.1, 0.15) is 25.0 Å². The summed E-state index contributed by atoms with van der Waals surface area (Å²) in [4.78, 5) is 11.2. The van der Waals surface area contributed by atoms with E-state index in [2.05, 4.69) is 11.4 Å². The number of hydrogen-bond donors (Lipinski definition) is 2. The number of halogens is 1. The van der Waals surface area contributed by atoms with Gasteiger partial charge in [0.2, 0.25) is 0 Å². The predicted octanol–water partition coefficient (Wildman–Crippen LogP) is 4.75. The Morgan fingerprint density at radius 2 is 1.90 bits per heavy atom. The Morgan fingerprint density at radius 3 is 2.65 bits per heavy atom. The number of carbonyl (C=O) groups is 1. The number of fused-ring (bicyclic) bond motifs is 1. The van der Waals surface area contributed by atoms with Crippen molar-refractivity contribution in [2.24, 2.45) is 0 Å². The van der Waals surface area contributed by atoms with Crippen LogP contribution < -0.4 is 19.5 Å². The Labute approximate surface area is 189 Å². The van der Waals surface area contributed by atoms with Crippen molar-refractivity contribution in [3.63, 3.8) is 0 Å². The Hall–Kier alpha value is -2.61. The van der Waals surface area contributed by atoms with Crippen LogP contribution in [0.15, 0.2) is 54.6 Å². The van der Waals surface area contributed by atoms with Crippen molar-refractivity contribution < 1.29 is 24.1 Å². The van der Waals surface area contributed by atoms with Crippen LogP contribution in [0.4, 0.5) is 0 Å². The summed E-state index contributed by atoms with van der Waals surface area (Å²) in [7, 11) is 1.54. The van der Waals surface area contributed by atoms with Gasteiger partial charge in [-0.05, 0) is 40.6 Å². The van der Waals surface area contributed by atoms with Gasteiger partial charge in [0.15, 0.2) is 11.5 Å². The van der Waals surface area contributed by atoms with Crippen molar-refractivity contribution in [2.75, 3.05) is 26.1 Å². The van der Waals surface area contributed by atoms with Gasteiger partial charge in [0.25, 0.3) is 0 Å². The molecule has 31 heavy (non-hydrogen) atoms. The number of ether oxygens (including phenoxy) is 3. The zero-order valence-electron chi connectivity index (χ0n) is 16.8. The number of carboxylic acids is 1. The SMILES string of the molecule is COc1cc(C2NC(C(=O)O)CS2)cc(Cl)c1OCCOc1ccc2ccccc2c1. The van der Waals surface area contributed by atoms with E-state index in [0.29, 0.717) is 35.5 Å². The average Bonchev–Trinajstić information content (AvgIpc) is 3.28. The summed E-state index contributed by atoms with van der Waals surface area (Å²) in [6.07, 6.45) is 0. The lowest BCUT2D eigenvalue weighted by Crippen LogP contribution is -2.33. The van der Waals surface area contributed by atoms with Crippen LogP contribution in [0, 0.1) is 0 Å². The fourth-order valence-electron chi connectivity index (χ4n) is 3.40. The van der Waals surface area contributed by atoms with Crippen molar-refractivity contribution >= 4 is 40.1 Å². The van der Waals surface area contributed by atoms with Gasteiger partial charge in [-0.25, -0.2) is 0 Å². The van der Waals surface area contributed by atoms with Crippen LogP contribution in [0.25, 0.3) is 10.8 Å². The van der Waals surface area contributed by atoms with Crippen molar-refractivity contribution in [2.45, 2.75) is 11.4 Å². The summed E-state index contributed by atoms with van der Waals surface area (Å²) >= 11 is 7.97. The molecule has 0 radical (unpaired) electrons. The zero-order chi connectivity index (χ0) is 21.8. The van der Waals surface area contributed by atoms with Gasteiger partial charge in [-0.1, -0.05) is 41.9 Å². The molecular weight excluding hydrogens is 438 g/mol. The molecule has 1 fully saturated rings. The van der Waals surface area contributed by atoms with E-state index in [1.54, 1.807) is 13.2 Å². The predicted molar refractivity (Wildman–Crippen MR) is 123 cm³/mol. The summed E-state index contributed by atoms with van der Waals surface area (Å²) in [6.45, 7) is 0.639. The minimum atomic E-state index is -0.862. The first-order valence-corrected chi connectivity index (χ1v) is 11.2. The lowest BCUT2D eigenvalue weighted by atomic mass is 10.1. The summed E-state index contributed by atoms with van der Waals surface area (Å²) in [6, 6.07) is 17.1. The Kier molecular flexibility index (Phi) is 6.75. The summed E-state index contributed by atoms with van der Waals surface area (Å²) < 4.78 is 17.1. The van der Waals surface area contributed by atoms with Gasteiger partial charge in [0.05, 0.1) is 17.5 Å². The molecule has 1 aliphatic rings. The second kappa shape index (κ2) is 9.68. The standard InChI is InChI=1S/C23H22ClNO5S/c1-28-20-12-16(22-25-19(13-31-22)23(26)27)11-18(24)21(20)30-9-8-29-17-7-6-14-4-2-3-5-15(14)10-17/h2-7,10-12,19,22,25H,8-9,13H2,1H3,(H,26,27). The van der Waals surface area contributed by atoms with Gasteiger partial charge in [0, 0.05) is 5.75 Å². The number of carboxylic acid groups (broad SMARTS) is 1. The minimum Gasteiger partial charge on any atom is -0.493 e. The fourth-order valence-corrected chi connectivity index (χ4v) is 4.88. The molecule has 0 aromatic heterocycles. The van der Waals surface area contributed by atoms with E-state index >= 15 is 0 Å². The molecular formula is C23H22ClNO5S. The van der Waals surface area contributed by atoms with Gasteiger partial charge in [-0.2, -0.15) is 0 Å². The molecule has 1 heterocycles. The maximum Gasteiger partial charge on any atom is 0.321 e. The molecule has 1 saturated heterocycles. The first kappa shape index (κ1) is 21.6. The number of hydrogen-bond acceptors (Lipinski definition) is 6. The normalized spacial score (nSPS) is 18.1. The molecule has 0 spiro atoms. The van der Waals surface area contributed by atoms with Crippen molar-refractivity contribution in [1.82, 2.24) is 5.32 Å². The summed E-state index contributed by atoms with van der Waals surface area (Å²) in [5.74, 6) is 1.33. The molecule has 2 atom stereocenters. The topological polar surface area (TPSA) is 77.0 Å². The molecule has 0 bridgehead atoms. The number of benzene rings is 3. The molecule has 8 heteroatoms. The largest absolute Gasteiger partial charge is 0.493 e. The van der Waals surface area contributed by atoms with Crippen molar-refractivity contribution in [3.8, 4) is 17.2 Å². The van der Waals surface area contributed by atoms with Crippen LogP contribution in [-0.2, 0) is 4.79 Å². The van der Waals surface area contributed by atoms with E-state index in [-0.39, 0.29) is 5.37 Å². The first-order chi connectivity index (χ1) is 15.0. The van der Waals surface area contributed by atoms with E-state index in [1.165, 1.54) is 11.8 Å². The third-order valence-electron chi connectivity index (χ3n) is 4.95. The molecule has 1 aliphatic heterocycles. The number of rotatable bonds is 8. The average molecular weight is 460 g/mol. The van der Waals surface area contributed by atoms with Crippen LogP contribution >= 0.6 is 23.4 Å². The molecule has 2 unspecified atom stereocenters. The van der Waals surface area contributed by atoms with Crippen LogP contribution in [0.1, 0.15) is 10.9 Å². The van der Waals surface area contributed by atoms with E-state index in [1.807, 2.05) is 42.5 Å². The maximum absolute atomic E-state index is 11.2. The lowest BCUT2D eigenvalue weighted by Gasteiger charge is -2.17. The van der Waals surface area contributed by atoms with Crippen LogP contribution in [-0.4, -0.2) is 43.2 Å². The fraction of sp³-hybridized carbons (Fsp3) is 0.261. The minimum absolute atomic E-state index is 0.169. The van der Waals surface area contributed by atoms with Gasteiger partial charge in [-0.3, -0.25) is 10.1 Å². The molecule has 2 N–H and O–H groups in total. The molecule has 4 rings (SSSR count). The third kappa shape index (κ3) is 5.01. The maximum atomic E-state index is 11.2. The van der Waals surface area contributed by atoms with Crippen molar-refractivity contribution in [1.29, 1.82) is 0 Å². The Balaban J connectivity index is 1.38.